The molecule has 4 nitrogen and oxygen atoms in total. The van der Waals surface area contributed by atoms with E-state index in [1.165, 1.54) is 12.8 Å². The molecular weight excluding hydrogens is 214 g/mol. The van der Waals surface area contributed by atoms with Gasteiger partial charge in [0.2, 0.25) is 0 Å². The maximum absolute atomic E-state index is 12.4. The lowest BCUT2D eigenvalue weighted by Gasteiger charge is -2.11. The van der Waals surface area contributed by atoms with Crippen molar-refractivity contribution in [2.75, 3.05) is 0 Å². The van der Waals surface area contributed by atoms with E-state index in [0.29, 0.717) is 6.04 Å². The first-order valence-electron chi connectivity index (χ1n) is 6.25. The number of nitrogens with one attached hydrogen (secondary N) is 1. The van der Waals surface area contributed by atoms with Crippen molar-refractivity contribution in [1.82, 2.24) is 14.8 Å². The van der Waals surface area contributed by atoms with E-state index in [-0.39, 0.29) is 5.56 Å². The molecule has 0 bridgehead atoms. The largest absolute Gasteiger partial charge is 0.361 e. The highest BCUT2D eigenvalue weighted by Gasteiger charge is 2.21. The molecule has 0 amide bonds. The summed E-state index contributed by atoms with van der Waals surface area (Å²) in [6.07, 6.45) is 6.42. The van der Waals surface area contributed by atoms with Crippen LogP contribution in [0.3, 0.4) is 0 Å². The summed E-state index contributed by atoms with van der Waals surface area (Å²) in [5.74, 6) is 0. The zero-order chi connectivity index (χ0) is 12.0. The van der Waals surface area contributed by atoms with Gasteiger partial charge in [0.1, 0.15) is 0 Å². The van der Waals surface area contributed by atoms with Gasteiger partial charge in [0, 0.05) is 16.8 Å². The highest BCUT2D eigenvalue weighted by Crippen LogP contribution is 2.28. The maximum atomic E-state index is 12.4. The molecule has 3 rings (SSSR count). The van der Waals surface area contributed by atoms with Crippen molar-refractivity contribution in [3.8, 4) is 0 Å². The molecule has 0 aliphatic heterocycles. The summed E-state index contributed by atoms with van der Waals surface area (Å²) >= 11 is 0. The van der Waals surface area contributed by atoms with Gasteiger partial charge in [0.15, 0.2) is 0 Å². The van der Waals surface area contributed by atoms with E-state index in [4.69, 9.17) is 0 Å². The van der Waals surface area contributed by atoms with E-state index in [1.54, 1.807) is 4.68 Å². The minimum atomic E-state index is 0.0660. The predicted octanol–water partition coefficient (Wildman–Crippen LogP) is 2.46. The lowest BCUT2D eigenvalue weighted by Crippen LogP contribution is -2.25. The van der Waals surface area contributed by atoms with Crippen molar-refractivity contribution < 1.29 is 0 Å². The van der Waals surface area contributed by atoms with Crippen molar-refractivity contribution in [3.05, 3.63) is 27.9 Å². The van der Waals surface area contributed by atoms with Crippen LogP contribution in [0.4, 0.5) is 0 Å². The lowest BCUT2D eigenvalue weighted by molar-refractivity contribution is 0.447. The lowest BCUT2D eigenvalue weighted by atomic mass is 10.2. The summed E-state index contributed by atoms with van der Waals surface area (Å²) in [5, 5.41) is 6.12. The van der Waals surface area contributed by atoms with Gasteiger partial charge < -0.3 is 4.98 Å². The summed E-state index contributed by atoms with van der Waals surface area (Å²) in [5.41, 5.74) is 2.05. The minimum Gasteiger partial charge on any atom is -0.361 e. The maximum Gasteiger partial charge on any atom is 0.276 e. The molecule has 90 valence electrons. The first-order valence-corrected chi connectivity index (χ1v) is 6.25. The standard InChI is InChI=1S/C13H17N3O/c1-8-11-7-14-16(10-5-3-4-6-10)13(17)12(11)9(2)15-8/h7,10,15H,3-6H2,1-2H3. The SMILES string of the molecule is Cc1[nH]c(C)c2c(=O)n(C3CCCC3)ncc12. The topological polar surface area (TPSA) is 50.7 Å². The Morgan fingerprint density at radius 3 is 2.71 bits per heavy atom. The molecule has 17 heavy (non-hydrogen) atoms. The average Bonchev–Trinajstić information content (AvgIpc) is 2.89. The van der Waals surface area contributed by atoms with Gasteiger partial charge in [0.05, 0.1) is 17.6 Å². The number of rotatable bonds is 1. The molecule has 0 radical (unpaired) electrons. The molecule has 1 aliphatic carbocycles. The van der Waals surface area contributed by atoms with E-state index in [1.807, 2.05) is 20.0 Å². The minimum absolute atomic E-state index is 0.0660. The van der Waals surface area contributed by atoms with E-state index in [9.17, 15) is 4.79 Å². The second kappa shape index (κ2) is 3.72. The molecule has 2 aromatic rings. The molecule has 2 aromatic heterocycles. The van der Waals surface area contributed by atoms with Gasteiger partial charge in [0.25, 0.3) is 5.56 Å². The summed E-state index contributed by atoms with van der Waals surface area (Å²) in [6, 6.07) is 0.307. The molecule has 0 atom stereocenters. The van der Waals surface area contributed by atoms with Gasteiger partial charge in [-0.2, -0.15) is 5.10 Å². The van der Waals surface area contributed by atoms with Crippen LogP contribution in [0.1, 0.15) is 43.1 Å². The zero-order valence-electron chi connectivity index (χ0n) is 10.3. The third-order valence-corrected chi connectivity index (χ3v) is 3.83. The average molecular weight is 231 g/mol. The van der Waals surface area contributed by atoms with Crippen LogP contribution in [0, 0.1) is 13.8 Å². The summed E-state index contributed by atoms with van der Waals surface area (Å²) in [6.45, 7) is 3.94. The van der Waals surface area contributed by atoms with Crippen molar-refractivity contribution in [3.63, 3.8) is 0 Å². The van der Waals surface area contributed by atoms with Crippen LogP contribution in [0.15, 0.2) is 11.0 Å². The Morgan fingerprint density at radius 2 is 2.00 bits per heavy atom. The Kier molecular flexibility index (Phi) is 2.31. The van der Waals surface area contributed by atoms with E-state index in [0.717, 1.165) is 35.0 Å². The monoisotopic (exact) mass is 231 g/mol. The first-order chi connectivity index (χ1) is 8.18. The molecule has 4 heteroatoms. The predicted molar refractivity (Wildman–Crippen MR) is 67.3 cm³/mol. The second-order valence-corrected chi connectivity index (χ2v) is 5.00. The summed E-state index contributed by atoms with van der Waals surface area (Å²) in [4.78, 5) is 15.7. The van der Waals surface area contributed by atoms with Gasteiger partial charge in [-0.1, -0.05) is 12.8 Å². The van der Waals surface area contributed by atoms with Gasteiger partial charge >= 0.3 is 0 Å². The third-order valence-electron chi connectivity index (χ3n) is 3.83. The summed E-state index contributed by atoms with van der Waals surface area (Å²) in [7, 11) is 0. The van der Waals surface area contributed by atoms with E-state index < -0.39 is 0 Å². The van der Waals surface area contributed by atoms with E-state index >= 15 is 0 Å². The smallest absolute Gasteiger partial charge is 0.276 e. The van der Waals surface area contributed by atoms with Crippen LogP contribution in [-0.4, -0.2) is 14.8 Å². The Bertz CT molecular complexity index is 617. The van der Waals surface area contributed by atoms with Gasteiger partial charge in [-0.05, 0) is 26.7 Å². The zero-order valence-corrected chi connectivity index (χ0v) is 10.3. The number of fused-ring (bicyclic) bond motifs is 1. The first kappa shape index (κ1) is 10.6. The number of hydrogen-bond acceptors (Lipinski definition) is 2. The fourth-order valence-electron chi connectivity index (χ4n) is 2.93. The van der Waals surface area contributed by atoms with Crippen molar-refractivity contribution in [2.24, 2.45) is 0 Å². The Labute approximate surface area is 99.7 Å². The highest BCUT2D eigenvalue weighted by molar-refractivity contribution is 5.86. The van der Waals surface area contributed by atoms with Gasteiger partial charge in [-0.3, -0.25) is 4.79 Å². The van der Waals surface area contributed by atoms with Crippen LogP contribution >= 0.6 is 0 Å². The fraction of sp³-hybridized carbons (Fsp3) is 0.538. The molecule has 0 spiro atoms. The molecule has 1 fully saturated rings. The van der Waals surface area contributed by atoms with Gasteiger partial charge in [-0.25, -0.2) is 4.68 Å². The molecule has 0 unspecified atom stereocenters. The Morgan fingerprint density at radius 1 is 1.29 bits per heavy atom. The number of aromatic amines is 1. The quantitative estimate of drug-likeness (QED) is 0.819. The fourth-order valence-corrected chi connectivity index (χ4v) is 2.93. The Hall–Kier alpha value is -1.58. The van der Waals surface area contributed by atoms with Gasteiger partial charge in [-0.15, -0.1) is 0 Å². The number of aryl methyl sites for hydroxylation is 2. The van der Waals surface area contributed by atoms with Crippen molar-refractivity contribution in [1.29, 1.82) is 0 Å². The molecule has 1 saturated carbocycles. The van der Waals surface area contributed by atoms with Crippen LogP contribution in [0.5, 0.6) is 0 Å². The molecule has 2 heterocycles. The second-order valence-electron chi connectivity index (χ2n) is 5.00. The van der Waals surface area contributed by atoms with E-state index in [2.05, 4.69) is 10.1 Å². The molecule has 0 aromatic carbocycles. The normalized spacial score (nSPS) is 17.1. The van der Waals surface area contributed by atoms with Crippen molar-refractivity contribution >= 4 is 10.8 Å². The number of nitrogens with zero attached hydrogens (tertiary/aromatic N) is 2. The molecular formula is C13H17N3O. The Balaban J connectivity index is 2.25. The number of hydrogen-bond donors (Lipinski definition) is 1. The third kappa shape index (κ3) is 1.51. The number of H-pyrrole nitrogens is 1. The van der Waals surface area contributed by atoms with Crippen LogP contribution in [-0.2, 0) is 0 Å². The van der Waals surface area contributed by atoms with Crippen LogP contribution < -0.4 is 5.56 Å². The summed E-state index contributed by atoms with van der Waals surface area (Å²) < 4.78 is 1.69. The molecule has 1 aliphatic rings. The highest BCUT2D eigenvalue weighted by atomic mass is 16.1. The molecule has 0 saturated heterocycles. The van der Waals surface area contributed by atoms with Crippen LogP contribution in [0.2, 0.25) is 0 Å². The van der Waals surface area contributed by atoms with Crippen molar-refractivity contribution in [2.45, 2.75) is 45.6 Å². The van der Waals surface area contributed by atoms with Crippen LogP contribution in [0.25, 0.3) is 10.8 Å². The number of aromatic nitrogens is 3. The molecule has 1 N–H and O–H groups in total.